The number of amides is 3. The summed E-state index contributed by atoms with van der Waals surface area (Å²) in [6.07, 6.45) is 5.58. The maximum absolute atomic E-state index is 13.4. The van der Waals surface area contributed by atoms with Crippen molar-refractivity contribution in [3.05, 3.63) is 83.3 Å². The molecule has 4 heterocycles. The predicted octanol–water partition coefficient (Wildman–Crippen LogP) is 4.00. The molecule has 2 aliphatic heterocycles. The average Bonchev–Trinajstić information content (AvgIpc) is 3.38. The topological polar surface area (TPSA) is 61.7 Å². The van der Waals surface area contributed by atoms with Gasteiger partial charge < -0.3 is 9.47 Å². The van der Waals surface area contributed by atoms with Crippen molar-refractivity contribution in [1.82, 2.24) is 24.3 Å². The SMILES string of the molecule is CN1C(=O)N(CCc2ccccc2)C(=O)C12CCN(Cc1cccn1-c1ccc(Cl)cn1)CC2. The Morgan fingerprint density at radius 1 is 1.00 bits per heavy atom. The molecule has 176 valence electrons. The summed E-state index contributed by atoms with van der Waals surface area (Å²) >= 11 is 5.98. The van der Waals surface area contributed by atoms with Gasteiger partial charge in [-0.2, -0.15) is 0 Å². The van der Waals surface area contributed by atoms with E-state index in [-0.39, 0.29) is 11.9 Å². The largest absolute Gasteiger partial charge is 0.327 e. The smallest absolute Gasteiger partial charge is 0.312 e. The molecule has 2 aliphatic rings. The predicted molar refractivity (Wildman–Crippen MR) is 131 cm³/mol. The second kappa shape index (κ2) is 9.24. The lowest BCUT2D eigenvalue weighted by Crippen LogP contribution is -2.55. The number of likely N-dealkylation sites (N-methyl/N-ethyl adjacent to an activating group) is 1. The molecule has 8 heteroatoms. The molecule has 0 atom stereocenters. The Morgan fingerprint density at radius 2 is 1.76 bits per heavy atom. The third-order valence-electron chi connectivity index (χ3n) is 7.13. The number of carbonyl (C=O) groups is 2. The summed E-state index contributed by atoms with van der Waals surface area (Å²) in [6, 6.07) is 17.6. The minimum atomic E-state index is -0.732. The van der Waals surface area contributed by atoms with E-state index in [9.17, 15) is 9.59 Å². The molecule has 0 aliphatic carbocycles. The summed E-state index contributed by atoms with van der Waals surface area (Å²) in [5.74, 6) is 0.771. The van der Waals surface area contributed by atoms with Crippen LogP contribution in [0.25, 0.3) is 5.82 Å². The number of aromatic nitrogens is 2. The Labute approximate surface area is 204 Å². The van der Waals surface area contributed by atoms with Crippen molar-refractivity contribution in [2.45, 2.75) is 31.3 Å². The van der Waals surface area contributed by atoms with E-state index in [0.717, 1.165) is 36.7 Å². The summed E-state index contributed by atoms with van der Waals surface area (Å²) in [5.41, 5.74) is 1.52. The van der Waals surface area contributed by atoms with E-state index in [1.54, 1.807) is 18.1 Å². The highest BCUT2D eigenvalue weighted by Gasteiger charge is 2.56. The minimum Gasteiger partial charge on any atom is -0.312 e. The van der Waals surface area contributed by atoms with Crippen molar-refractivity contribution in [1.29, 1.82) is 0 Å². The van der Waals surface area contributed by atoms with Gasteiger partial charge in [-0.25, -0.2) is 9.78 Å². The second-order valence-corrected chi connectivity index (χ2v) is 9.48. The van der Waals surface area contributed by atoms with E-state index >= 15 is 0 Å². The first kappa shape index (κ1) is 22.6. The molecule has 2 saturated heterocycles. The Kier molecular flexibility index (Phi) is 6.15. The van der Waals surface area contributed by atoms with E-state index < -0.39 is 5.54 Å². The third kappa shape index (κ3) is 4.10. The van der Waals surface area contributed by atoms with Gasteiger partial charge in [-0.3, -0.25) is 14.6 Å². The van der Waals surface area contributed by atoms with Crippen LogP contribution in [0.15, 0.2) is 67.0 Å². The molecule has 0 N–H and O–H groups in total. The molecule has 0 unspecified atom stereocenters. The fourth-order valence-corrected chi connectivity index (χ4v) is 5.18. The summed E-state index contributed by atoms with van der Waals surface area (Å²) in [7, 11) is 1.77. The zero-order valence-corrected chi connectivity index (χ0v) is 20.0. The highest BCUT2D eigenvalue weighted by atomic mass is 35.5. The Morgan fingerprint density at radius 3 is 2.47 bits per heavy atom. The van der Waals surface area contributed by atoms with Gasteiger partial charge in [0, 0.05) is 51.3 Å². The number of nitrogens with zero attached hydrogens (tertiary/aromatic N) is 5. The van der Waals surface area contributed by atoms with Gasteiger partial charge in [0.1, 0.15) is 11.4 Å². The van der Waals surface area contributed by atoms with E-state index in [1.165, 1.54) is 4.90 Å². The van der Waals surface area contributed by atoms with E-state index in [1.807, 2.05) is 54.7 Å². The Balaban J connectivity index is 1.24. The number of urea groups is 1. The lowest BCUT2D eigenvalue weighted by molar-refractivity contribution is -0.135. The van der Waals surface area contributed by atoms with Gasteiger partial charge in [-0.15, -0.1) is 0 Å². The van der Waals surface area contributed by atoms with Crippen molar-refractivity contribution < 1.29 is 9.59 Å². The van der Waals surface area contributed by atoms with Crippen LogP contribution >= 0.6 is 11.6 Å². The molecule has 0 saturated carbocycles. The number of benzene rings is 1. The molecule has 3 aromatic rings. The monoisotopic (exact) mass is 477 g/mol. The van der Waals surface area contributed by atoms with Gasteiger partial charge in [0.2, 0.25) is 0 Å². The molecular weight excluding hydrogens is 450 g/mol. The number of carbonyl (C=O) groups excluding carboxylic acids is 2. The van der Waals surface area contributed by atoms with E-state index in [0.29, 0.717) is 30.8 Å². The molecule has 5 rings (SSSR count). The number of piperidine rings is 1. The standard InChI is InChI=1S/C26H28ClN5O2/c1-29-25(34)32(15-11-20-6-3-2-4-7-20)24(33)26(29)12-16-30(17-13-26)19-22-8-5-14-31(22)23-10-9-21(27)18-28-23/h2-10,14,18H,11-13,15-17,19H2,1H3. The van der Waals surface area contributed by atoms with E-state index in [2.05, 4.69) is 20.5 Å². The number of halogens is 1. The molecule has 0 radical (unpaired) electrons. The van der Waals surface area contributed by atoms with Crippen molar-refractivity contribution in [2.75, 3.05) is 26.7 Å². The van der Waals surface area contributed by atoms with Crippen LogP contribution in [0.4, 0.5) is 4.79 Å². The van der Waals surface area contributed by atoms with Gasteiger partial charge >= 0.3 is 6.03 Å². The fraction of sp³-hybridized carbons (Fsp3) is 0.346. The molecule has 34 heavy (non-hydrogen) atoms. The molecule has 1 spiro atoms. The summed E-state index contributed by atoms with van der Waals surface area (Å²) in [6.45, 7) is 2.65. The summed E-state index contributed by atoms with van der Waals surface area (Å²) in [5, 5.41) is 0.608. The second-order valence-electron chi connectivity index (χ2n) is 9.05. The van der Waals surface area contributed by atoms with Crippen molar-refractivity contribution in [3.8, 4) is 5.82 Å². The van der Waals surface area contributed by atoms with Gasteiger partial charge in [-0.1, -0.05) is 41.9 Å². The molecule has 1 aromatic carbocycles. The van der Waals surface area contributed by atoms with Crippen molar-refractivity contribution in [2.24, 2.45) is 0 Å². The summed E-state index contributed by atoms with van der Waals surface area (Å²) < 4.78 is 2.06. The van der Waals surface area contributed by atoms with Crippen LogP contribution in [0.3, 0.4) is 0 Å². The number of pyridine rings is 1. The van der Waals surface area contributed by atoms with Crippen LogP contribution in [0.2, 0.25) is 5.02 Å². The molecule has 0 bridgehead atoms. The van der Waals surface area contributed by atoms with Crippen LogP contribution in [-0.2, 0) is 17.8 Å². The molecule has 2 fully saturated rings. The van der Waals surface area contributed by atoms with Crippen LogP contribution in [0, 0.1) is 0 Å². The third-order valence-corrected chi connectivity index (χ3v) is 7.35. The minimum absolute atomic E-state index is 0.0516. The number of hydrogen-bond donors (Lipinski definition) is 0. The molecule has 2 aromatic heterocycles. The maximum Gasteiger partial charge on any atom is 0.327 e. The molecule has 7 nitrogen and oxygen atoms in total. The Bertz CT molecular complexity index is 1170. The molecular formula is C26H28ClN5O2. The zero-order valence-electron chi connectivity index (χ0n) is 19.2. The number of imide groups is 1. The van der Waals surface area contributed by atoms with Crippen LogP contribution in [0.5, 0.6) is 0 Å². The lowest BCUT2D eigenvalue weighted by atomic mass is 9.86. The van der Waals surface area contributed by atoms with Gasteiger partial charge in [-0.05, 0) is 49.1 Å². The fourth-order valence-electron chi connectivity index (χ4n) is 5.07. The first-order valence-corrected chi connectivity index (χ1v) is 12.0. The van der Waals surface area contributed by atoms with Gasteiger partial charge in [0.05, 0.1) is 5.02 Å². The van der Waals surface area contributed by atoms with Crippen LogP contribution in [0.1, 0.15) is 24.1 Å². The number of likely N-dealkylation sites (tertiary alicyclic amines) is 1. The molecule has 3 amide bonds. The van der Waals surface area contributed by atoms with Crippen LogP contribution in [-0.4, -0.2) is 68.4 Å². The van der Waals surface area contributed by atoms with Crippen LogP contribution < -0.4 is 0 Å². The first-order valence-electron chi connectivity index (χ1n) is 11.6. The zero-order chi connectivity index (χ0) is 23.7. The number of rotatable bonds is 6. The lowest BCUT2D eigenvalue weighted by Gasteiger charge is -2.40. The highest BCUT2D eigenvalue weighted by molar-refractivity contribution is 6.30. The summed E-state index contributed by atoms with van der Waals surface area (Å²) in [4.78, 5) is 36.3. The normalized spacial score (nSPS) is 18.3. The number of hydrogen-bond acceptors (Lipinski definition) is 4. The van der Waals surface area contributed by atoms with Gasteiger partial charge in [0.15, 0.2) is 0 Å². The Hall–Kier alpha value is -3.16. The highest BCUT2D eigenvalue weighted by Crippen LogP contribution is 2.36. The van der Waals surface area contributed by atoms with Crippen molar-refractivity contribution >= 4 is 23.5 Å². The maximum atomic E-state index is 13.4. The van der Waals surface area contributed by atoms with Crippen molar-refractivity contribution in [3.63, 3.8) is 0 Å². The van der Waals surface area contributed by atoms with E-state index in [4.69, 9.17) is 11.6 Å². The van der Waals surface area contributed by atoms with Gasteiger partial charge in [0.25, 0.3) is 5.91 Å². The quantitative estimate of drug-likeness (QED) is 0.503. The average molecular weight is 478 g/mol. The first-order chi connectivity index (χ1) is 16.5.